The number of halogens is 4. The number of amides is 2. The summed E-state index contributed by atoms with van der Waals surface area (Å²) in [5.41, 5.74) is -1.66. The van der Waals surface area contributed by atoms with Crippen LogP contribution in [0, 0.1) is 5.82 Å². The van der Waals surface area contributed by atoms with Crippen molar-refractivity contribution in [2.45, 2.75) is 6.18 Å². The third kappa shape index (κ3) is 3.88. The molecule has 0 aliphatic rings. The molecule has 0 fully saturated rings. The van der Waals surface area contributed by atoms with E-state index in [0.717, 1.165) is 6.07 Å². The highest BCUT2D eigenvalue weighted by molar-refractivity contribution is 5.99. The van der Waals surface area contributed by atoms with Crippen molar-refractivity contribution in [3.05, 3.63) is 48.2 Å². The number of carbonyl (C=O) groups excluding carboxylic acids is 1. The minimum atomic E-state index is -4.84. The fourth-order valence-electron chi connectivity index (χ4n) is 1.46. The maximum absolute atomic E-state index is 13.1. The van der Waals surface area contributed by atoms with Crippen LogP contribution in [0.25, 0.3) is 0 Å². The zero-order valence-corrected chi connectivity index (χ0v) is 10.3. The first-order chi connectivity index (χ1) is 9.86. The van der Waals surface area contributed by atoms with Crippen LogP contribution >= 0.6 is 0 Å². The molecule has 0 aliphatic carbocycles. The van der Waals surface area contributed by atoms with Crippen LogP contribution in [0.15, 0.2) is 36.8 Å². The predicted molar refractivity (Wildman–Crippen MR) is 66.1 cm³/mol. The first-order valence-electron chi connectivity index (χ1n) is 5.57. The number of benzene rings is 1. The Hall–Kier alpha value is -2.71. The Labute approximate surface area is 116 Å². The van der Waals surface area contributed by atoms with Gasteiger partial charge in [0.25, 0.3) is 0 Å². The zero-order chi connectivity index (χ0) is 15.5. The third-order valence-corrected chi connectivity index (χ3v) is 2.33. The Morgan fingerprint density at radius 1 is 1.14 bits per heavy atom. The molecule has 0 bridgehead atoms. The summed E-state index contributed by atoms with van der Waals surface area (Å²) in [5, 5.41) is 4.41. The maximum Gasteiger partial charge on any atom is 0.419 e. The van der Waals surface area contributed by atoms with Gasteiger partial charge in [-0.15, -0.1) is 0 Å². The van der Waals surface area contributed by atoms with Gasteiger partial charge in [-0.05, 0) is 18.2 Å². The molecule has 2 N–H and O–H groups in total. The standard InChI is InChI=1S/C12H8F4N4O/c13-9-2-1-7(5-8(9)12(14,15)16)19-11(21)20-10-6-17-3-4-18-10/h1-6H,(H2,18,19,20,21). The molecule has 2 aromatic rings. The Bertz CT molecular complexity index is 645. The molecule has 21 heavy (non-hydrogen) atoms. The highest BCUT2D eigenvalue weighted by atomic mass is 19.4. The summed E-state index contributed by atoms with van der Waals surface area (Å²) in [7, 11) is 0. The van der Waals surface area contributed by atoms with Gasteiger partial charge in [0.05, 0.1) is 11.8 Å². The molecule has 0 saturated carbocycles. The van der Waals surface area contributed by atoms with Gasteiger partial charge in [-0.2, -0.15) is 13.2 Å². The minimum Gasteiger partial charge on any atom is -0.308 e. The van der Waals surface area contributed by atoms with E-state index in [9.17, 15) is 22.4 Å². The van der Waals surface area contributed by atoms with E-state index >= 15 is 0 Å². The molecule has 0 saturated heterocycles. The molecule has 0 atom stereocenters. The second-order valence-electron chi connectivity index (χ2n) is 3.86. The number of anilines is 2. The molecule has 0 spiro atoms. The van der Waals surface area contributed by atoms with Crippen molar-refractivity contribution in [1.29, 1.82) is 0 Å². The van der Waals surface area contributed by atoms with E-state index in [1.54, 1.807) is 0 Å². The second-order valence-corrected chi connectivity index (χ2v) is 3.86. The number of nitrogens with zero attached hydrogens (tertiary/aromatic N) is 2. The maximum atomic E-state index is 13.1. The Morgan fingerprint density at radius 2 is 1.90 bits per heavy atom. The highest BCUT2D eigenvalue weighted by Gasteiger charge is 2.34. The third-order valence-electron chi connectivity index (χ3n) is 2.33. The number of hydrogen-bond donors (Lipinski definition) is 2. The number of urea groups is 1. The van der Waals surface area contributed by atoms with Gasteiger partial charge in [-0.25, -0.2) is 14.2 Å². The number of aromatic nitrogens is 2. The topological polar surface area (TPSA) is 66.9 Å². The lowest BCUT2D eigenvalue weighted by atomic mass is 10.2. The van der Waals surface area contributed by atoms with Crippen LogP contribution in [-0.4, -0.2) is 16.0 Å². The molecule has 110 valence electrons. The van der Waals surface area contributed by atoms with E-state index in [4.69, 9.17) is 0 Å². The lowest BCUT2D eigenvalue weighted by Gasteiger charge is -2.11. The van der Waals surface area contributed by atoms with Crippen LogP contribution in [0.4, 0.5) is 33.9 Å². The van der Waals surface area contributed by atoms with Crippen LogP contribution < -0.4 is 10.6 Å². The fraction of sp³-hybridized carbons (Fsp3) is 0.0833. The SMILES string of the molecule is O=C(Nc1ccc(F)c(C(F)(F)F)c1)Nc1cnccn1. The van der Waals surface area contributed by atoms with Crippen molar-refractivity contribution < 1.29 is 22.4 Å². The summed E-state index contributed by atoms with van der Waals surface area (Å²) < 4.78 is 50.7. The van der Waals surface area contributed by atoms with Gasteiger partial charge in [0.2, 0.25) is 0 Å². The summed E-state index contributed by atoms with van der Waals surface area (Å²) >= 11 is 0. The molecular formula is C12H8F4N4O. The van der Waals surface area contributed by atoms with Crippen LogP contribution in [0.1, 0.15) is 5.56 Å². The molecule has 1 heterocycles. The lowest BCUT2D eigenvalue weighted by Crippen LogP contribution is -2.20. The predicted octanol–water partition coefficient (Wildman–Crippen LogP) is 3.28. The van der Waals surface area contributed by atoms with Crippen molar-refractivity contribution in [3.63, 3.8) is 0 Å². The molecular weight excluding hydrogens is 292 g/mol. The van der Waals surface area contributed by atoms with E-state index in [0.29, 0.717) is 12.1 Å². The summed E-state index contributed by atoms with van der Waals surface area (Å²) in [6, 6.07) is 1.32. The molecule has 0 radical (unpaired) electrons. The van der Waals surface area contributed by atoms with Crippen molar-refractivity contribution in [3.8, 4) is 0 Å². The lowest BCUT2D eigenvalue weighted by molar-refractivity contribution is -0.139. The van der Waals surface area contributed by atoms with Gasteiger partial charge in [0, 0.05) is 18.1 Å². The first kappa shape index (κ1) is 14.7. The molecule has 2 amide bonds. The van der Waals surface area contributed by atoms with E-state index in [1.807, 2.05) is 0 Å². The van der Waals surface area contributed by atoms with Gasteiger partial charge in [-0.3, -0.25) is 10.3 Å². The molecule has 0 aliphatic heterocycles. The van der Waals surface area contributed by atoms with E-state index < -0.39 is 23.6 Å². The largest absolute Gasteiger partial charge is 0.419 e. The number of nitrogens with one attached hydrogen (secondary N) is 2. The summed E-state index contributed by atoms with van der Waals surface area (Å²) in [6.07, 6.45) is -0.873. The van der Waals surface area contributed by atoms with Gasteiger partial charge >= 0.3 is 12.2 Å². The van der Waals surface area contributed by atoms with E-state index in [-0.39, 0.29) is 11.5 Å². The Morgan fingerprint density at radius 3 is 2.52 bits per heavy atom. The van der Waals surface area contributed by atoms with Crippen LogP contribution in [0.2, 0.25) is 0 Å². The van der Waals surface area contributed by atoms with Crippen molar-refractivity contribution in [1.82, 2.24) is 9.97 Å². The monoisotopic (exact) mass is 300 g/mol. The number of carbonyl (C=O) groups is 1. The van der Waals surface area contributed by atoms with Gasteiger partial charge < -0.3 is 5.32 Å². The quantitative estimate of drug-likeness (QED) is 0.836. The van der Waals surface area contributed by atoms with Crippen molar-refractivity contribution >= 4 is 17.5 Å². The van der Waals surface area contributed by atoms with Gasteiger partial charge in [0.1, 0.15) is 5.82 Å². The second kappa shape index (κ2) is 5.73. The van der Waals surface area contributed by atoms with Crippen LogP contribution in [0.3, 0.4) is 0 Å². The number of alkyl halides is 3. The number of hydrogen-bond acceptors (Lipinski definition) is 3. The van der Waals surface area contributed by atoms with Crippen LogP contribution in [0.5, 0.6) is 0 Å². The molecule has 5 nitrogen and oxygen atoms in total. The fourth-order valence-corrected chi connectivity index (χ4v) is 1.46. The van der Waals surface area contributed by atoms with E-state index in [1.165, 1.54) is 18.6 Å². The summed E-state index contributed by atoms with van der Waals surface area (Å²) in [5.74, 6) is -1.30. The van der Waals surface area contributed by atoms with Gasteiger partial charge in [0.15, 0.2) is 5.82 Å². The summed E-state index contributed by atoms with van der Waals surface area (Å²) in [4.78, 5) is 19.0. The average molecular weight is 300 g/mol. The van der Waals surface area contributed by atoms with Crippen molar-refractivity contribution in [2.24, 2.45) is 0 Å². The molecule has 0 unspecified atom stereocenters. The smallest absolute Gasteiger partial charge is 0.308 e. The Kier molecular flexibility index (Phi) is 4.01. The highest BCUT2D eigenvalue weighted by Crippen LogP contribution is 2.32. The number of rotatable bonds is 2. The molecule has 9 heteroatoms. The molecule has 1 aromatic heterocycles. The summed E-state index contributed by atoms with van der Waals surface area (Å²) in [6.45, 7) is 0. The van der Waals surface area contributed by atoms with E-state index in [2.05, 4.69) is 20.6 Å². The minimum absolute atomic E-state index is 0.119. The first-order valence-corrected chi connectivity index (χ1v) is 5.57. The normalized spacial score (nSPS) is 11.0. The Balaban J connectivity index is 2.11. The van der Waals surface area contributed by atoms with Gasteiger partial charge in [-0.1, -0.05) is 0 Å². The molecule has 1 aromatic carbocycles. The van der Waals surface area contributed by atoms with Crippen molar-refractivity contribution in [2.75, 3.05) is 10.6 Å². The average Bonchev–Trinajstić information content (AvgIpc) is 2.41. The molecule has 2 rings (SSSR count). The zero-order valence-electron chi connectivity index (χ0n) is 10.3. The van der Waals surface area contributed by atoms with Crippen LogP contribution in [-0.2, 0) is 6.18 Å².